The monoisotopic (exact) mass is 314 g/mol. The van der Waals surface area contributed by atoms with Crippen molar-refractivity contribution in [2.75, 3.05) is 6.61 Å². The van der Waals surface area contributed by atoms with Crippen molar-refractivity contribution in [3.05, 3.63) is 60.2 Å². The van der Waals surface area contributed by atoms with Crippen molar-refractivity contribution < 1.29 is 27.0 Å². The van der Waals surface area contributed by atoms with Gasteiger partial charge in [0.15, 0.2) is 6.61 Å². The Balaban J connectivity index is 1.85. The Hall–Kier alpha value is -2.24. The van der Waals surface area contributed by atoms with Crippen LogP contribution in [0.1, 0.15) is 5.56 Å². The van der Waals surface area contributed by atoms with Gasteiger partial charge in [-0.15, -0.1) is 0 Å². The van der Waals surface area contributed by atoms with E-state index in [1.165, 1.54) is 24.3 Å². The highest BCUT2D eigenvalue weighted by molar-refractivity contribution is 5.31. The molecule has 0 aliphatic carbocycles. The molecule has 2 rings (SSSR count). The van der Waals surface area contributed by atoms with Gasteiger partial charge in [0.1, 0.15) is 18.1 Å². The predicted molar refractivity (Wildman–Crippen MR) is 73.7 cm³/mol. The largest absolute Gasteiger partial charge is 0.489 e. The molecule has 0 heterocycles. The van der Waals surface area contributed by atoms with E-state index in [0.29, 0.717) is 12.4 Å². The minimum Gasteiger partial charge on any atom is -0.489 e. The predicted octanol–water partition coefficient (Wildman–Crippen LogP) is 4.54. The average molecular weight is 314 g/mol. The number of benzene rings is 2. The van der Waals surface area contributed by atoms with Crippen LogP contribution in [0.15, 0.2) is 54.6 Å². The summed E-state index contributed by atoms with van der Waals surface area (Å²) in [5.41, 5.74) is 0.986. The molecule has 0 aliphatic heterocycles. The zero-order valence-corrected chi connectivity index (χ0v) is 11.5. The van der Waals surface area contributed by atoms with Gasteiger partial charge in [0, 0.05) is 0 Å². The average Bonchev–Trinajstić information content (AvgIpc) is 2.53. The summed E-state index contributed by atoms with van der Waals surface area (Å²) in [6, 6.07) is 15.3. The molecule has 2 aromatic carbocycles. The lowest BCUT2D eigenvalue weighted by Crippen LogP contribution is -2.33. The van der Waals surface area contributed by atoms with Crippen LogP contribution in [-0.2, 0) is 6.61 Å². The van der Waals surface area contributed by atoms with E-state index in [1.807, 2.05) is 30.3 Å². The van der Waals surface area contributed by atoms with Crippen molar-refractivity contribution in [2.24, 2.45) is 0 Å². The van der Waals surface area contributed by atoms with Gasteiger partial charge in [0.05, 0.1) is 0 Å². The lowest BCUT2D eigenvalue weighted by molar-refractivity contribution is -0.148. The fourth-order valence-electron chi connectivity index (χ4n) is 1.62. The first-order valence-corrected chi connectivity index (χ1v) is 6.53. The number of hydrogen-bond acceptors (Lipinski definition) is 2. The van der Waals surface area contributed by atoms with Crippen LogP contribution in [0.25, 0.3) is 0 Å². The van der Waals surface area contributed by atoms with Crippen molar-refractivity contribution in [3.8, 4) is 11.5 Å². The maximum atomic E-state index is 12.7. The molecule has 2 aromatic rings. The summed E-state index contributed by atoms with van der Waals surface area (Å²) >= 11 is 0. The third kappa shape index (κ3) is 4.65. The van der Waals surface area contributed by atoms with Crippen LogP contribution in [0.4, 0.5) is 17.6 Å². The van der Waals surface area contributed by atoms with E-state index in [0.717, 1.165) is 5.56 Å². The quantitative estimate of drug-likeness (QED) is 0.698. The van der Waals surface area contributed by atoms with Crippen LogP contribution >= 0.6 is 0 Å². The summed E-state index contributed by atoms with van der Waals surface area (Å²) in [7, 11) is 0. The molecule has 0 fully saturated rings. The normalized spacial score (nSPS) is 11.5. The lowest BCUT2D eigenvalue weighted by Gasteiger charge is -2.16. The minimum absolute atomic E-state index is 0.0763. The smallest absolute Gasteiger partial charge is 0.340 e. The summed E-state index contributed by atoms with van der Waals surface area (Å²) in [5.74, 6) is -3.56. The maximum Gasteiger partial charge on any atom is 0.340 e. The zero-order chi connectivity index (χ0) is 16.0. The van der Waals surface area contributed by atoms with Gasteiger partial charge in [-0.2, -0.15) is 8.78 Å². The molecule has 0 bridgehead atoms. The van der Waals surface area contributed by atoms with Gasteiger partial charge < -0.3 is 9.47 Å². The third-order valence-corrected chi connectivity index (χ3v) is 2.82. The highest BCUT2D eigenvalue weighted by atomic mass is 19.3. The molecule has 22 heavy (non-hydrogen) atoms. The van der Waals surface area contributed by atoms with Crippen molar-refractivity contribution in [1.29, 1.82) is 0 Å². The topological polar surface area (TPSA) is 18.5 Å². The molecule has 6 heteroatoms. The fraction of sp³-hybridized carbons (Fsp3) is 0.250. The van der Waals surface area contributed by atoms with Crippen LogP contribution < -0.4 is 9.47 Å². The Labute approximate surface area is 125 Å². The fourth-order valence-corrected chi connectivity index (χ4v) is 1.62. The molecule has 0 amide bonds. The maximum absolute atomic E-state index is 12.7. The zero-order valence-electron chi connectivity index (χ0n) is 11.5. The van der Waals surface area contributed by atoms with Gasteiger partial charge in [-0.05, 0) is 29.8 Å². The molecular weight excluding hydrogens is 300 g/mol. The van der Waals surface area contributed by atoms with Gasteiger partial charge >= 0.3 is 12.3 Å². The molecule has 0 aromatic heterocycles. The summed E-state index contributed by atoms with van der Waals surface area (Å²) in [5, 5.41) is 0. The third-order valence-electron chi connectivity index (χ3n) is 2.82. The molecule has 0 unspecified atom stereocenters. The van der Waals surface area contributed by atoms with E-state index in [2.05, 4.69) is 4.74 Å². The standard InChI is InChI=1S/C16H14F4O2/c17-15(18)16(19,20)11-22-14-8-6-13(7-9-14)21-10-12-4-2-1-3-5-12/h1-9,15H,10-11H2. The highest BCUT2D eigenvalue weighted by Crippen LogP contribution is 2.25. The molecule has 0 N–H and O–H groups in total. The van der Waals surface area contributed by atoms with Crippen molar-refractivity contribution in [3.63, 3.8) is 0 Å². The van der Waals surface area contributed by atoms with E-state index in [1.54, 1.807) is 0 Å². The molecular formula is C16H14F4O2. The first-order valence-electron chi connectivity index (χ1n) is 6.53. The van der Waals surface area contributed by atoms with Crippen LogP contribution in [0, 0.1) is 0 Å². The lowest BCUT2D eigenvalue weighted by atomic mass is 10.2. The Morgan fingerprint density at radius 1 is 0.818 bits per heavy atom. The summed E-state index contributed by atoms with van der Waals surface area (Å²) in [4.78, 5) is 0. The van der Waals surface area contributed by atoms with E-state index in [9.17, 15) is 17.6 Å². The highest BCUT2D eigenvalue weighted by Gasteiger charge is 2.41. The van der Waals surface area contributed by atoms with Crippen LogP contribution in [0.2, 0.25) is 0 Å². The second kappa shape index (κ2) is 7.15. The molecule has 0 aliphatic rings. The molecule has 0 radical (unpaired) electrons. The van der Waals surface area contributed by atoms with E-state index < -0.39 is 19.0 Å². The molecule has 0 spiro atoms. The van der Waals surface area contributed by atoms with E-state index in [-0.39, 0.29) is 5.75 Å². The van der Waals surface area contributed by atoms with Gasteiger partial charge in [-0.25, -0.2) is 8.78 Å². The van der Waals surface area contributed by atoms with Gasteiger partial charge in [0.2, 0.25) is 0 Å². The van der Waals surface area contributed by atoms with Crippen LogP contribution in [0.3, 0.4) is 0 Å². The second-order valence-electron chi connectivity index (χ2n) is 4.60. The summed E-state index contributed by atoms with van der Waals surface area (Å²) in [6.45, 7) is -1.00. The first kappa shape index (κ1) is 16.1. The molecule has 0 saturated heterocycles. The SMILES string of the molecule is FC(F)C(F)(F)COc1ccc(OCc2ccccc2)cc1. The van der Waals surface area contributed by atoms with Gasteiger partial charge in [0.25, 0.3) is 0 Å². The van der Waals surface area contributed by atoms with Crippen molar-refractivity contribution >= 4 is 0 Å². The van der Waals surface area contributed by atoms with Crippen molar-refractivity contribution in [1.82, 2.24) is 0 Å². The van der Waals surface area contributed by atoms with Gasteiger partial charge in [-0.1, -0.05) is 30.3 Å². The Morgan fingerprint density at radius 3 is 1.91 bits per heavy atom. The van der Waals surface area contributed by atoms with E-state index in [4.69, 9.17) is 4.74 Å². The Morgan fingerprint density at radius 2 is 1.36 bits per heavy atom. The number of halogens is 4. The second-order valence-corrected chi connectivity index (χ2v) is 4.60. The molecule has 2 nitrogen and oxygen atoms in total. The van der Waals surface area contributed by atoms with Crippen molar-refractivity contribution in [2.45, 2.75) is 19.0 Å². The summed E-state index contributed by atoms with van der Waals surface area (Å²) < 4.78 is 59.6. The number of alkyl halides is 4. The Kier molecular flexibility index (Phi) is 5.25. The number of rotatable bonds is 7. The van der Waals surface area contributed by atoms with Crippen LogP contribution in [0.5, 0.6) is 11.5 Å². The first-order chi connectivity index (χ1) is 10.5. The molecule has 118 valence electrons. The summed E-state index contributed by atoms with van der Waals surface area (Å²) in [6.07, 6.45) is -3.75. The Bertz CT molecular complexity index is 570. The minimum atomic E-state index is -4.16. The number of ether oxygens (including phenoxy) is 2. The number of hydrogen-bond donors (Lipinski definition) is 0. The van der Waals surface area contributed by atoms with E-state index >= 15 is 0 Å². The van der Waals surface area contributed by atoms with Crippen LogP contribution in [-0.4, -0.2) is 19.0 Å². The molecule has 0 saturated carbocycles. The molecule has 0 atom stereocenters. The van der Waals surface area contributed by atoms with Gasteiger partial charge in [-0.3, -0.25) is 0 Å².